The van der Waals surface area contributed by atoms with E-state index in [1.165, 1.54) is 32.9 Å². The van der Waals surface area contributed by atoms with Crippen LogP contribution in [-0.2, 0) is 19.1 Å². The minimum atomic E-state index is -1.33. The Morgan fingerprint density at radius 3 is 2.41 bits per heavy atom. The first-order chi connectivity index (χ1) is 10.2. The lowest BCUT2D eigenvalue weighted by molar-refractivity contribution is -0.222. The van der Waals surface area contributed by atoms with Gasteiger partial charge in [0.2, 0.25) is 0 Å². The summed E-state index contributed by atoms with van der Waals surface area (Å²) in [6.07, 6.45) is 1.02. The van der Waals surface area contributed by atoms with Crippen molar-refractivity contribution in [2.45, 2.75) is 26.6 Å². The average Bonchev–Trinajstić information content (AvgIpc) is 2.41. The number of cyclic esters (lactones) is 2. The topological polar surface area (TPSA) is 88.4 Å². The Labute approximate surface area is 126 Å². The second-order valence-corrected chi connectivity index (χ2v) is 5.09. The highest BCUT2D eigenvalue weighted by Crippen LogP contribution is 2.24. The summed E-state index contributed by atoms with van der Waals surface area (Å²) in [5.74, 6) is -3.70. The van der Waals surface area contributed by atoms with E-state index in [1.54, 1.807) is 0 Å². The van der Waals surface area contributed by atoms with Crippen LogP contribution < -0.4 is 5.32 Å². The van der Waals surface area contributed by atoms with Gasteiger partial charge >= 0.3 is 11.9 Å². The number of benzene rings is 1. The summed E-state index contributed by atoms with van der Waals surface area (Å²) in [4.78, 5) is 23.5. The van der Waals surface area contributed by atoms with Crippen molar-refractivity contribution >= 4 is 17.6 Å². The molecule has 1 aliphatic rings. The van der Waals surface area contributed by atoms with Crippen LogP contribution in [0.1, 0.15) is 25.0 Å². The molecule has 6 nitrogen and oxygen atoms in total. The number of carbonyl (C=O) groups excluding carboxylic acids is 2. The van der Waals surface area contributed by atoms with Crippen LogP contribution in [0.15, 0.2) is 23.9 Å². The Bertz CT molecular complexity index is 710. The number of rotatable bonds is 2. The van der Waals surface area contributed by atoms with E-state index in [0.29, 0.717) is 0 Å². The number of ether oxygens (including phenoxy) is 2. The Hall–Kier alpha value is -2.88. The first kappa shape index (κ1) is 15.5. The molecule has 1 heterocycles. The van der Waals surface area contributed by atoms with Gasteiger partial charge in [-0.25, -0.2) is 14.0 Å². The third-order valence-electron chi connectivity index (χ3n) is 3.00. The van der Waals surface area contributed by atoms with Gasteiger partial charge in [0.25, 0.3) is 5.79 Å². The Morgan fingerprint density at radius 2 is 1.86 bits per heavy atom. The van der Waals surface area contributed by atoms with Gasteiger partial charge in [-0.2, -0.15) is 5.26 Å². The van der Waals surface area contributed by atoms with Crippen LogP contribution in [0.25, 0.3) is 0 Å². The summed E-state index contributed by atoms with van der Waals surface area (Å²) in [6, 6.07) is 4.63. The molecule has 7 heteroatoms. The van der Waals surface area contributed by atoms with Crippen molar-refractivity contribution in [1.82, 2.24) is 0 Å². The molecule has 1 saturated heterocycles. The molecule has 0 spiro atoms. The number of halogens is 1. The van der Waals surface area contributed by atoms with Crippen LogP contribution in [0.3, 0.4) is 0 Å². The van der Waals surface area contributed by atoms with E-state index in [4.69, 9.17) is 14.7 Å². The summed E-state index contributed by atoms with van der Waals surface area (Å²) in [5, 5.41) is 11.3. The molecule has 1 aromatic carbocycles. The van der Waals surface area contributed by atoms with E-state index >= 15 is 0 Å². The first-order valence-corrected chi connectivity index (χ1v) is 6.38. The number of hydrogen-bond donors (Lipinski definition) is 1. The average molecular weight is 304 g/mol. The van der Waals surface area contributed by atoms with E-state index in [9.17, 15) is 14.0 Å². The lowest BCUT2D eigenvalue weighted by Crippen LogP contribution is -2.42. The Kier molecular flexibility index (Phi) is 3.87. The predicted octanol–water partition coefficient (Wildman–Crippen LogP) is 2.14. The van der Waals surface area contributed by atoms with Gasteiger partial charge in [0.15, 0.2) is 11.4 Å². The summed E-state index contributed by atoms with van der Waals surface area (Å²) < 4.78 is 23.9. The SMILES string of the molecule is Cc1c(C#N)ccc(NC=C2C(=O)OC(C)(C)OC2=O)c1F. The van der Waals surface area contributed by atoms with Crippen molar-refractivity contribution in [3.05, 3.63) is 40.8 Å². The van der Waals surface area contributed by atoms with Gasteiger partial charge in [0.05, 0.1) is 17.3 Å². The fourth-order valence-corrected chi connectivity index (χ4v) is 1.85. The van der Waals surface area contributed by atoms with E-state index < -0.39 is 23.5 Å². The lowest BCUT2D eigenvalue weighted by Gasteiger charge is -2.29. The van der Waals surface area contributed by atoms with Crippen LogP contribution in [0.5, 0.6) is 0 Å². The van der Waals surface area contributed by atoms with E-state index in [1.807, 2.05) is 6.07 Å². The highest BCUT2D eigenvalue weighted by atomic mass is 19.1. The predicted molar refractivity (Wildman–Crippen MR) is 73.8 cm³/mol. The monoisotopic (exact) mass is 304 g/mol. The lowest BCUT2D eigenvalue weighted by atomic mass is 10.1. The number of nitrogens with one attached hydrogen (secondary N) is 1. The third-order valence-corrected chi connectivity index (χ3v) is 3.00. The minimum absolute atomic E-state index is 0.0226. The molecule has 0 bridgehead atoms. The Morgan fingerprint density at radius 1 is 1.27 bits per heavy atom. The molecule has 1 fully saturated rings. The molecule has 0 radical (unpaired) electrons. The van der Waals surface area contributed by atoms with Crippen LogP contribution in [-0.4, -0.2) is 17.7 Å². The fraction of sp³-hybridized carbons (Fsp3) is 0.267. The van der Waals surface area contributed by atoms with Crippen LogP contribution in [0.2, 0.25) is 0 Å². The summed E-state index contributed by atoms with van der Waals surface area (Å²) >= 11 is 0. The molecule has 0 atom stereocenters. The van der Waals surface area contributed by atoms with Crippen molar-refractivity contribution in [3.8, 4) is 6.07 Å². The van der Waals surface area contributed by atoms with E-state index in [-0.39, 0.29) is 22.4 Å². The zero-order valence-electron chi connectivity index (χ0n) is 12.2. The third kappa shape index (κ3) is 2.91. The number of nitriles is 1. The standard InChI is InChI=1S/C15H13FN2O4/c1-8-9(6-17)4-5-11(12(8)16)18-7-10-13(19)21-15(2,3)22-14(10)20/h4-5,7,18H,1-3H3. The normalized spacial score (nSPS) is 16.4. The van der Waals surface area contributed by atoms with Gasteiger partial charge in [-0.3, -0.25) is 0 Å². The van der Waals surface area contributed by atoms with Gasteiger partial charge in [0.1, 0.15) is 0 Å². The second-order valence-electron chi connectivity index (χ2n) is 5.09. The molecule has 0 saturated carbocycles. The van der Waals surface area contributed by atoms with Crippen molar-refractivity contribution in [3.63, 3.8) is 0 Å². The smallest absolute Gasteiger partial charge is 0.350 e. The van der Waals surface area contributed by atoms with Crippen LogP contribution in [0.4, 0.5) is 10.1 Å². The minimum Gasteiger partial charge on any atom is -0.419 e. The first-order valence-electron chi connectivity index (χ1n) is 6.38. The van der Waals surface area contributed by atoms with Gasteiger partial charge in [-0.15, -0.1) is 0 Å². The molecule has 0 aromatic heterocycles. The molecule has 0 unspecified atom stereocenters. The number of anilines is 1. The second kappa shape index (κ2) is 5.48. The molecule has 1 aromatic rings. The van der Waals surface area contributed by atoms with Gasteiger partial charge in [-0.1, -0.05) is 0 Å². The summed E-state index contributed by atoms with van der Waals surface area (Å²) in [7, 11) is 0. The van der Waals surface area contributed by atoms with Gasteiger partial charge < -0.3 is 14.8 Å². The number of esters is 2. The highest BCUT2D eigenvalue weighted by molar-refractivity contribution is 6.15. The van der Waals surface area contributed by atoms with Crippen molar-refractivity contribution in [2.75, 3.05) is 5.32 Å². The number of nitrogens with zero attached hydrogens (tertiary/aromatic N) is 1. The van der Waals surface area contributed by atoms with E-state index in [0.717, 1.165) is 6.20 Å². The largest absolute Gasteiger partial charge is 0.419 e. The highest BCUT2D eigenvalue weighted by Gasteiger charge is 2.38. The molecule has 114 valence electrons. The summed E-state index contributed by atoms with van der Waals surface area (Å²) in [6.45, 7) is 4.31. The Balaban J connectivity index is 2.26. The zero-order valence-corrected chi connectivity index (χ0v) is 12.2. The maximum atomic E-state index is 14.0. The van der Waals surface area contributed by atoms with Crippen molar-refractivity contribution in [2.24, 2.45) is 0 Å². The van der Waals surface area contributed by atoms with Crippen LogP contribution in [0, 0.1) is 24.1 Å². The summed E-state index contributed by atoms with van der Waals surface area (Å²) in [5.41, 5.74) is 0.0185. The molecule has 1 N–H and O–H groups in total. The number of carbonyl (C=O) groups is 2. The zero-order chi connectivity index (χ0) is 16.5. The van der Waals surface area contributed by atoms with E-state index in [2.05, 4.69) is 5.32 Å². The molecular formula is C15H13FN2O4. The maximum Gasteiger partial charge on any atom is 0.350 e. The van der Waals surface area contributed by atoms with Crippen LogP contribution >= 0.6 is 0 Å². The molecule has 2 rings (SSSR count). The van der Waals surface area contributed by atoms with Crippen molar-refractivity contribution in [1.29, 1.82) is 5.26 Å². The fourth-order valence-electron chi connectivity index (χ4n) is 1.85. The van der Waals surface area contributed by atoms with Gasteiger partial charge in [-0.05, 0) is 19.1 Å². The molecule has 22 heavy (non-hydrogen) atoms. The molecule has 0 amide bonds. The quantitative estimate of drug-likeness (QED) is 0.511. The maximum absolute atomic E-state index is 14.0. The van der Waals surface area contributed by atoms with Crippen molar-refractivity contribution < 1.29 is 23.5 Å². The number of hydrogen-bond acceptors (Lipinski definition) is 6. The molecule has 1 aliphatic heterocycles. The van der Waals surface area contributed by atoms with Gasteiger partial charge in [0, 0.05) is 25.6 Å². The molecular weight excluding hydrogens is 291 g/mol. The molecule has 0 aliphatic carbocycles.